The first kappa shape index (κ1) is 18.5. The van der Waals surface area contributed by atoms with Crippen LogP contribution in [0.3, 0.4) is 0 Å². The number of carbonyl (C=O) groups excluding carboxylic acids is 1. The quantitative estimate of drug-likeness (QED) is 0.591. The predicted octanol–water partition coefficient (Wildman–Crippen LogP) is -0.384. The van der Waals surface area contributed by atoms with Crippen LogP contribution in [0.2, 0.25) is 0 Å². The van der Waals surface area contributed by atoms with Crippen molar-refractivity contribution in [3.63, 3.8) is 0 Å². The van der Waals surface area contributed by atoms with Crippen LogP contribution in [-0.4, -0.2) is 61.9 Å². The summed E-state index contributed by atoms with van der Waals surface area (Å²) in [5, 5.41) is 20.1. The van der Waals surface area contributed by atoms with Gasteiger partial charge in [0.1, 0.15) is 12.2 Å². The normalized spacial score (nSPS) is 25.7. The van der Waals surface area contributed by atoms with E-state index in [2.05, 4.69) is 9.97 Å². The summed E-state index contributed by atoms with van der Waals surface area (Å²) in [6.07, 6.45) is -4.97. The first-order chi connectivity index (χ1) is 12.3. The largest absolute Gasteiger partial charge is 0.508 e. The fourth-order valence-electron chi connectivity index (χ4n) is 2.63. The summed E-state index contributed by atoms with van der Waals surface area (Å²) in [5.74, 6) is -0.0523. The molecule has 0 unspecified atom stereocenters. The monoisotopic (exact) mass is 386 g/mol. The second-order valence-corrected chi connectivity index (χ2v) is 6.88. The van der Waals surface area contributed by atoms with Crippen LogP contribution < -0.4 is 10.6 Å². The molecule has 1 saturated heterocycles. The maximum absolute atomic E-state index is 12.3. The van der Waals surface area contributed by atoms with Crippen LogP contribution in [0.4, 0.5) is 10.7 Å². The van der Waals surface area contributed by atoms with Gasteiger partial charge in [-0.1, -0.05) is 11.3 Å². The molecule has 0 amide bonds. The van der Waals surface area contributed by atoms with Gasteiger partial charge in [-0.3, -0.25) is 9.36 Å². The van der Waals surface area contributed by atoms with Crippen molar-refractivity contribution in [1.82, 2.24) is 14.5 Å². The number of anilines is 1. The Kier molecular flexibility index (Phi) is 5.09. The Labute approximate surface area is 150 Å². The SMILES string of the molecule is CC(C)OC(=O)O[C@@H]1[C@@H](O)[C@H](n2c(=O)sc3cnc(N)nc32)O[C@@H]1CO. The summed E-state index contributed by atoms with van der Waals surface area (Å²) in [4.78, 5) is 31.4. The molecule has 0 spiro atoms. The van der Waals surface area contributed by atoms with Crippen molar-refractivity contribution in [3.05, 3.63) is 15.9 Å². The Morgan fingerprint density at radius 3 is 2.92 bits per heavy atom. The average molecular weight is 386 g/mol. The number of nitrogens with zero attached hydrogens (tertiary/aromatic N) is 3. The van der Waals surface area contributed by atoms with Gasteiger partial charge in [0, 0.05) is 0 Å². The topological polar surface area (TPSA) is 159 Å². The molecule has 0 saturated carbocycles. The van der Waals surface area contributed by atoms with Gasteiger partial charge in [0.05, 0.1) is 23.6 Å². The number of nitrogens with two attached hydrogens (primary N) is 1. The molecule has 1 aliphatic heterocycles. The summed E-state index contributed by atoms with van der Waals surface area (Å²) in [6.45, 7) is 2.73. The van der Waals surface area contributed by atoms with Crippen LogP contribution in [0.25, 0.3) is 10.3 Å². The molecule has 3 heterocycles. The molecule has 0 radical (unpaired) electrons. The molecule has 2 aromatic rings. The third-order valence-corrected chi connectivity index (χ3v) is 4.56. The van der Waals surface area contributed by atoms with E-state index in [4.69, 9.17) is 19.9 Å². The molecule has 1 aliphatic rings. The summed E-state index contributed by atoms with van der Waals surface area (Å²) in [6, 6.07) is 0. The molecule has 12 heteroatoms. The molecule has 142 valence electrons. The van der Waals surface area contributed by atoms with E-state index in [1.165, 1.54) is 6.20 Å². The van der Waals surface area contributed by atoms with E-state index >= 15 is 0 Å². The zero-order chi connectivity index (χ0) is 19.0. The van der Waals surface area contributed by atoms with Gasteiger partial charge in [0.25, 0.3) is 0 Å². The Morgan fingerprint density at radius 1 is 1.54 bits per heavy atom. The number of hydrogen-bond donors (Lipinski definition) is 3. The number of carbonyl (C=O) groups is 1. The number of fused-ring (bicyclic) bond motifs is 1. The number of nitrogen functional groups attached to an aromatic ring is 1. The van der Waals surface area contributed by atoms with E-state index in [0.29, 0.717) is 4.70 Å². The molecular weight excluding hydrogens is 368 g/mol. The van der Waals surface area contributed by atoms with Gasteiger partial charge in [-0.15, -0.1) is 0 Å². The van der Waals surface area contributed by atoms with Crippen LogP contribution >= 0.6 is 11.3 Å². The van der Waals surface area contributed by atoms with Crippen molar-refractivity contribution in [1.29, 1.82) is 0 Å². The van der Waals surface area contributed by atoms with Crippen LogP contribution in [0.1, 0.15) is 20.1 Å². The van der Waals surface area contributed by atoms with Crippen molar-refractivity contribution < 1.29 is 29.2 Å². The number of thiazole rings is 1. The molecule has 1 fully saturated rings. The summed E-state index contributed by atoms with van der Waals surface area (Å²) in [7, 11) is 0. The highest BCUT2D eigenvalue weighted by Gasteiger charge is 2.48. The van der Waals surface area contributed by atoms with Gasteiger partial charge in [0.2, 0.25) is 5.95 Å². The molecular formula is C14H18N4O7S. The van der Waals surface area contributed by atoms with E-state index in [1.54, 1.807) is 13.8 Å². The fraction of sp³-hybridized carbons (Fsp3) is 0.571. The molecule has 3 rings (SSSR count). The number of aliphatic hydroxyl groups is 2. The van der Waals surface area contributed by atoms with Gasteiger partial charge < -0.3 is 30.2 Å². The second kappa shape index (κ2) is 7.15. The zero-order valence-electron chi connectivity index (χ0n) is 13.9. The van der Waals surface area contributed by atoms with E-state index in [1.807, 2.05) is 0 Å². The van der Waals surface area contributed by atoms with Crippen LogP contribution in [0, 0.1) is 0 Å². The van der Waals surface area contributed by atoms with Gasteiger partial charge >= 0.3 is 11.0 Å². The minimum atomic E-state index is -1.43. The van der Waals surface area contributed by atoms with E-state index in [0.717, 1.165) is 15.9 Å². The molecule has 0 bridgehead atoms. The summed E-state index contributed by atoms with van der Waals surface area (Å²) in [5.41, 5.74) is 5.75. The molecule has 26 heavy (non-hydrogen) atoms. The van der Waals surface area contributed by atoms with E-state index in [9.17, 15) is 19.8 Å². The minimum absolute atomic E-state index is 0.0523. The minimum Gasteiger partial charge on any atom is -0.432 e. The first-order valence-electron chi connectivity index (χ1n) is 7.77. The van der Waals surface area contributed by atoms with Crippen molar-refractivity contribution in [2.75, 3.05) is 12.3 Å². The van der Waals surface area contributed by atoms with Gasteiger partial charge in [-0.05, 0) is 13.8 Å². The fourth-order valence-corrected chi connectivity index (χ4v) is 3.45. The van der Waals surface area contributed by atoms with Gasteiger partial charge in [0.15, 0.2) is 18.0 Å². The van der Waals surface area contributed by atoms with Crippen molar-refractivity contribution in [3.8, 4) is 0 Å². The third-order valence-electron chi connectivity index (χ3n) is 3.69. The van der Waals surface area contributed by atoms with Crippen molar-refractivity contribution in [2.45, 2.75) is 44.5 Å². The highest BCUT2D eigenvalue weighted by atomic mass is 32.1. The number of aliphatic hydroxyl groups excluding tert-OH is 2. The van der Waals surface area contributed by atoms with Crippen molar-refractivity contribution in [2.24, 2.45) is 0 Å². The molecule has 4 N–H and O–H groups in total. The Morgan fingerprint density at radius 2 is 2.27 bits per heavy atom. The summed E-state index contributed by atoms with van der Waals surface area (Å²) < 4.78 is 17.1. The van der Waals surface area contributed by atoms with Crippen LogP contribution in [-0.2, 0) is 14.2 Å². The molecule has 11 nitrogen and oxygen atoms in total. The lowest BCUT2D eigenvalue weighted by Crippen LogP contribution is -2.39. The highest BCUT2D eigenvalue weighted by Crippen LogP contribution is 2.33. The lowest BCUT2D eigenvalue weighted by Gasteiger charge is -2.20. The number of hydrogen-bond acceptors (Lipinski definition) is 11. The molecule has 4 atom stereocenters. The lowest BCUT2D eigenvalue weighted by molar-refractivity contribution is -0.0590. The van der Waals surface area contributed by atoms with Crippen LogP contribution in [0.5, 0.6) is 0 Å². The smallest absolute Gasteiger partial charge is 0.432 e. The van der Waals surface area contributed by atoms with Gasteiger partial charge in [-0.2, -0.15) is 4.98 Å². The van der Waals surface area contributed by atoms with Crippen LogP contribution in [0.15, 0.2) is 11.0 Å². The van der Waals surface area contributed by atoms with E-state index in [-0.39, 0.29) is 11.6 Å². The second-order valence-electron chi connectivity index (χ2n) is 5.89. The Balaban J connectivity index is 1.92. The maximum atomic E-state index is 12.3. The Hall–Kier alpha value is -2.28. The molecule has 0 aliphatic carbocycles. The van der Waals surface area contributed by atoms with Gasteiger partial charge in [-0.25, -0.2) is 9.78 Å². The zero-order valence-corrected chi connectivity index (χ0v) is 14.8. The molecule has 2 aromatic heterocycles. The lowest BCUT2D eigenvalue weighted by atomic mass is 10.1. The third kappa shape index (κ3) is 3.35. The Bertz CT molecular complexity index is 867. The number of aromatic nitrogens is 3. The van der Waals surface area contributed by atoms with E-state index < -0.39 is 48.3 Å². The standard InChI is InChI=1S/C14H18N4O7S/c1-5(2)23-14(22)25-9-6(4-19)24-11(8(9)20)18-10-7(26-13(18)21)3-16-12(15)17-10/h3,5-6,8-9,11,19-20H,4H2,1-2H3,(H2,15,16,17)/t6-,8-,9+,11-/m1/s1. The van der Waals surface area contributed by atoms with Crippen molar-refractivity contribution >= 4 is 33.8 Å². The number of rotatable bonds is 4. The predicted molar refractivity (Wildman–Crippen MR) is 89.6 cm³/mol. The molecule has 0 aromatic carbocycles. The average Bonchev–Trinajstić information content (AvgIpc) is 3.03. The maximum Gasteiger partial charge on any atom is 0.508 e. The summed E-state index contributed by atoms with van der Waals surface area (Å²) >= 11 is 0.850. The first-order valence-corrected chi connectivity index (χ1v) is 8.58. The highest BCUT2D eigenvalue weighted by molar-refractivity contribution is 7.16. The number of ether oxygens (including phenoxy) is 3.